The highest BCUT2D eigenvalue weighted by molar-refractivity contribution is 7.09. The number of hydrogen-bond acceptors (Lipinski definition) is 2. The summed E-state index contributed by atoms with van der Waals surface area (Å²) in [4.78, 5) is 1.89. The highest BCUT2D eigenvalue weighted by atomic mass is 31.0. The summed E-state index contributed by atoms with van der Waals surface area (Å²) in [6, 6.07) is 0. The molecule has 2 nitrogen and oxygen atoms in total. The third-order valence-corrected chi connectivity index (χ3v) is 3.27. The van der Waals surface area contributed by atoms with Gasteiger partial charge in [0, 0.05) is 15.9 Å². The fourth-order valence-electron chi connectivity index (χ4n) is 2.63. The largest absolute Gasteiger partial charge is 0.364 e. The summed E-state index contributed by atoms with van der Waals surface area (Å²) in [5, 5.41) is 0. The Morgan fingerprint density at radius 1 is 1.46 bits per heavy atom. The molecule has 2 saturated heterocycles. The first kappa shape index (κ1) is 9.75. The van der Waals surface area contributed by atoms with Crippen LogP contribution in [0.3, 0.4) is 0 Å². The lowest BCUT2D eigenvalue weighted by Gasteiger charge is -2.29. The SMILES string of the molecule is FC1(F)CN2CCCC2(COP)C1. The molecule has 0 aromatic carbocycles. The van der Waals surface area contributed by atoms with E-state index in [2.05, 4.69) is 9.47 Å². The van der Waals surface area contributed by atoms with Gasteiger partial charge in [0.2, 0.25) is 0 Å². The molecule has 0 amide bonds. The van der Waals surface area contributed by atoms with E-state index in [0.717, 1.165) is 19.4 Å². The van der Waals surface area contributed by atoms with Crippen LogP contribution < -0.4 is 0 Å². The van der Waals surface area contributed by atoms with Gasteiger partial charge in [-0.05, 0) is 19.4 Å². The summed E-state index contributed by atoms with van der Waals surface area (Å²) in [6.45, 7) is 1.12. The molecule has 0 aromatic rings. The third kappa shape index (κ3) is 1.60. The number of rotatable bonds is 2. The molecule has 2 rings (SSSR count). The van der Waals surface area contributed by atoms with E-state index in [1.807, 2.05) is 4.90 Å². The maximum atomic E-state index is 13.1. The van der Waals surface area contributed by atoms with Gasteiger partial charge in [-0.1, -0.05) is 0 Å². The van der Waals surface area contributed by atoms with Crippen molar-refractivity contribution >= 4 is 9.47 Å². The Morgan fingerprint density at radius 3 is 2.92 bits per heavy atom. The van der Waals surface area contributed by atoms with Crippen molar-refractivity contribution < 1.29 is 13.3 Å². The molecule has 0 aliphatic carbocycles. The summed E-state index contributed by atoms with van der Waals surface area (Å²) in [5.41, 5.74) is -0.370. The highest BCUT2D eigenvalue weighted by Crippen LogP contribution is 2.46. The average Bonchev–Trinajstić information content (AvgIpc) is 2.40. The molecule has 2 fully saturated rings. The lowest BCUT2D eigenvalue weighted by Crippen LogP contribution is -2.41. The van der Waals surface area contributed by atoms with Crippen LogP contribution in [0.5, 0.6) is 0 Å². The van der Waals surface area contributed by atoms with E-state index >= 15 is 0 Å². The van der Waals surface area contributed by atoms with Crippen molar-refractivity contribution in [3.63, 3.8) is 0 Å². The molecule has 5 heteroatoms. The minimum atomic E-state index is -2.51. The van der Waals surface area contributed by atoms with Crippen LogP contribution in [-0.4, -0.2) is 36.1 Å². The summed E-state index contributed by atoms with van der Waals surface area (Å²) in [5.74, 6) is -2.51. The summed E-state index contributed by atoms with van der Waals surface area (Å²) in [6.07, 6.45) is 1.83. The summed E-state index contributed by atoms with van der Waals surface area (Å²) in [7, 11) is 2.15. The molecule has 0 saturated carbocycles. The smallest absolute Gasteiger partial charge is 0.262 e. The van der Waals surface area contributed by atoms with Crippen molar-refractivity contribution in [2.75, 3.05) is 19.7 Å². The van der Waals surface area contributed by atoms with Gasteiger partial charge in [0.05, 0.1) is 18.7 Å². The van der Waals surface area contributed by atoms with Crippen LogP contribution in [0, 0.1) is 0 Å². The van der Waals surface area contributed by atoms with Gasteiger partial charge in [0.15, 0.2) is 0 Å². The second kappa shape index (κ2) is 3.11. The molecule has 2 heterocycles. The fraction of sp³-hybridized carbons (Fsp3) is 1.00. The quantitative estimate of drug-likeness (QED) is 0.641. The van der Waals surface area contributed by atoms with Crippen LogP contribution in [0.15, 0.2) is 0 Å². The molecule has 2 atom stereocenters. The van der Waals surface area contributed by atoms with Gasteiger partial charge in [-0.25, -0.2) is 8.78 Å². The van der Waals surface area contributed by atoms with Gasteiger partial charge >= 0.3 is 0 Å². The molecule has 0 aromatic heterocycles. The summed E-state index contributed by atoms with van der Waals surface area (Å²) >= 11 is 0. The van der Waals surface area contributed by atoms with E-state index in [4.69, 9.17) is 4.52 Å². The Balaban J connectivity index is 2.15. The van der Waals surface area contributed by atoms with Gasteiger partial charge < -0.3 is 4.52 Å². The number of halogens is 2. The molecule has 2 aliphatic rings. The van der Waals surface area contributed by atoms with Crippen molar-refractivity contribution in [3.05, 3.63) is 0 Å². The monoisotopic (exact) mass is 209 g/mol. The van der Waals surface area contributed by atoms with Crippen molar-refractivity contribution in [2.45, 2.75) is 30.7 Å². The van der Waals surface area contributed by atoms with Crippen LogP contribution in [-0.2, 0) is 4.52 Å². The standard InChI is InChI=1S/C8H14F2NOP/c9-8(10)4-7(6-12-13)2-1-3-11(7)5-8/h1-6,13H2. The molecular formula is C8H14F2NOP. The molecule has 0 radical (unpaired) electrons. The zero-order chi connectivity index (χ0) is 9.53. The maximum absolute atomic E-state index is 13.1. The van der Waals surface area contributed by atoms with Gasteiger partial charge in [-0.3, -0.25) is 4.90 Å². The predicted molar refractivity (Wildman–Crippen MR) is 48.8 cm³/mol. The topological polar surface area (TPSA) is 12.5 Å². The highest BCUT2D eigenvalue weighted by Gasteiger charge is 2.56. The second-order valence-electron chi connectivity index (χ2n) is 4.09. The Hall–Kier alpha value is 0.210. The van der Waals surface area contributed by atoms with Crippen molar-refractivity contribution in [2.24, 2.45) is 0 Å². The lowest BCUT2D eigenvalue weighted by atomic mass is 9.94. The van der Waals surface area contributed by atoms with Crippen LogP contribution in [0.25, 0.3) is 0 Å². The molecular weight excluding hydrogens is 195 g/mol. The van der Waals surface area contributed by atoms with Crippen LogP contribution in [0.1, 0.15) is 19.3 Å². The Labute approximate surface area is 78.9 Å². The average molecular weight is 209 g/mol. The van der Waals surface area contributed by atoms with Gasteiger partial charge in [-0.15, -0.1) is 0 Å². The van der Waals surface area contributed by atoms with Crippen LogP contribution in [0.2, 0.25) is 0 Å². The molecule has 0 spiro atoms. The van der Waals surface area contributed by atoms with Crippen molar-refractivity contribution in [1.82, 2.24) is 4.90 Å². The number of hydrogen-bond donors (Lipinski definition) is 0. The molecule has 76 valence electrons. The van der Waals surface area contributed by atoms with E-state index in [9.17, 15) is 8.78 Å². The van der Waals surface area contributed by atoms with Crippen LogP contribution in [0.4, 0.5) is 8.78 Å². The van der Waals surface area contributed by atoms with Gasteiger partial charge in [0.1, 0.15) is 0 Å². The predicted octanol–water partition coefficient (Wildman–Crippen LogP) is 1.67. The zero-order valence-corrected chi connectivity index (χ0v) is 8.59. The van der Waals surface area contributed by atoms with E-state index in [0.29, 0.717) is 6.61 Å². The van der Waals surface area contributed by atoms with Gasteiger partial charge in [0.25, 0.3) is 5.92 Å². The minimum Gasteiger partial charge on any atom is -0.364 e. The first-order valence-corrected chi connectivity index (χ1v) is 5.00. The zero-order valence-electron chi connectivity index (χ0n) is 7.43. The number of alkyl halides is 2. The fourth-order valence-corrected chi connectivity index (χ4v) is 2.94. The van der Waals surface area contributed by atoms with Gasteiger partial charge in [-0.2, -0.15) is 0 Å². The number of fused-ring (bicyclic) bond motifs is 1. The van der Waals surface area contributed by atoms with Crippen molar-refractivity contribution in [3.8, 4) is 0 Å². The first-order chi connectivity index (χ1) is 6.08. The van der Waals surface area contributed by atoms with E-state index in [1.54, 1.807) is 0 Å². The minimum absolute atomic E-state index is 0.0333. The molecule has 2 aliphatic heterocycles. The van der Waals surface area contributed by atoms with E-state index < -0.39 is 5.92 Å². The molecule has 0 N–H and O–H groups in total. The molecule has 13 heavy (non-hydrogen) atoms. The Morgan fingerprint density at radius 2 is 2.23 bits per heavy atom. The second-order valence-corrected chi connectivity index (χ2v) is 4.43. The first-order valence-electron chi connectivity index (χ1n) is 4.53. The summed E-state index contributed by atoms with van der Waals surface area (Å²) < 4.78 is 31.2. The molecule has 2 unspecified atom stereocenters. The van der Waals surface area contributed by atoms with Crippen molar-refractivity contribution in [1.29, 1.82) is 0 Å². The van der Waals surface area contributed by atoms with E-state index in [-0.39, 0.29) is 18.5 Å². The maximum Gasteiger partial charge on any atom is 0.262 e. The normalized spacial score (nSPS) is 38.1. The Bertz CT molecular complexity index is 214. The lowest BCUT2D eigenvalue weighted by molar-refractivity contribution is 0.00844. The molecule has 0 bridgehead atoms. The third-order valence-electron chi connectivity index (χ3n) is 3.10. The number of nitrogens with zero attached hydrogens (tertiary/aromatic N) is 1. The van der Waals surface area contributed by atoms with Crippen LogP contribution >= 0.6 is 9.47 Å². The van der Waals surface area contributed by atoms with E-state index in [1.165, 1.54) is 0 Å². The Kier molecular flexibility index (Phi) is 2.33.